The first kappa shape index (κ1) is 15.0. The minimum atomic E-state index is -2.17. The molecule has 4 nitrogen and oxygen atoms in total. The summed E-state index contributed by atoms with van der Waals surface area (Å²) in [7, 11) is 1.60. The monoisotopic (exact) mass is 185 g/mol. The zero-order valence-electron chi connectivity index (χ0n) is 6.90. The first-order chi connectivity index (χ1) is 4.63. The van der Waals surface area contributed by atoms with Crippen LogP contribution < -0.4 is 51.4 Å². The van der Waals surface area contributed by atoms with Gasteiger partial charge in [-0.2, -0.15) is 0 Å². The Morgan fingerprint density at radius 1 is 1.09 bits per heavy atom. The molecule has 0 atom stereocenters. The van der Waals surface area contributed by atoms with E-state index in [1.807, 2.05) is 0 Å². The van der Waals surface area contributed by atoms with E-state index in [9.17, 15) is 0 Å². The van der Waals surface area contributed by atoms with E-state index in [-0.39, 0.29) is 51.4 Å². The molecule has 1 fully saturated rings. The average molecular weight is 185 g/mol. The second-order valence-corrected chi connectivity index (χ2v) is 2.17. The number of nitrogens with zero attached hydrogens (tertiary/aromatic N) is 1. The Morgan fingerprint density at radius 3 is 1.45 bits per heavy atom. The van der Waals surface area contributed by atoms with E-state index in [1.165, 1.54) is 25.9 Å². The quantitative estimate of drug-likeness (QED) is 0.264. The topological polar surface area (TPSA) is 63.9 Å². The van der Waals surface area contributed by atoms with Gasteiger partial charge in [0.05, 0.1) is 0 Å². The van der Waals surface area contributed by atoms with Gasteiger partial charge < -0.3 is 20.0 Å². The smallest absolute Gasteiger partial charge is 0.459 e. The third-order valence-electron chi connectivity index (χ3n) is 1.20. The Labute approximate surface area is 110 Å². The maximum Gasteiger partial charge on any atom is 1.00 e. The summed E-state index contributed by atoms with van der Waals surface area (Å²) < 4.78 is 0. The van der Waals surface area contributed by atoms with Crippen LogP contribution in [0, 0.1) is 7.05 Å². The maximum absolute atomic E-state index is 7.17. The molecule has 1 saturated heterocycles. The third kappa shape index (κ3) is 14.4. The van der Waals surface area contributed by atoms with E-state index < -0.39 is 7.32 Å². The van der Waals surface area contributed by atoms with E-state index >= 15 is 0 Å². The Balaban J connectivity index is 0. The number of hydrogen-bond acceptors (Lipinski definition) is 4. The summed E-state index contributed by atoms with van der Waals surface area (Å²) in [4.78, 5) is 2.11. The van der Waals surface area contributed by atoms with Crippen LogP contribution in [0.2, 0.25) is 0 Å². The van der Waals surface area contributed by atoms with Crippen LogP contribution in [0.15, 0.2) is 0 Å². The van der Waals surface area contributed by atoms with Gasteiger partial charge >= 0.3 is 58.7 Å². The van der Waals surface area contributed by atoms with Gasteiger partial charge in [-0.15, -0.1) is 0 Å². The predicted molar refractivity (Wildman–Crippen MR) is 38.6 cm³/mol. The summed E-state index contributed by atoms with van der Waals surface area (Å²) in [6.07, 6.45) is 2.70. The maximum atomic E-state index is 7.17. The predicted octanol–water partition coefficient (Wildman–Crippen LogP) is -4.17. The molecule has 3 N–H and O–H groups in total. The van der Waals surface area contributed by atoms with Gasteiger partial charge in [-0.1, -0.05) is 0 Å². The van der Waals surface area contributed by atoms with E-state index in [2.05, 4.69) is 11.9 Å². The van der Waals surface area contributed by atoms with Gasteiger partial charge in [-0.05, 0) is 25.9 Å². The molecule has 1 heterocycles. The van der Waals surface area contributed by atoms with Crippen molar-refractivity contribution in [1.29, 1.82) is 0 Å². The van der Waals surface area contributed by atoms with Gasteiger partial charge in [0, 0.05) is 0 Å². The fraction of sp³-hybridized carbons (Fsp3) is 0.800. The van der Waals surface area contributed by atoms with Crippen molar-refractivity contribution in [3.8, 4) is 0 Å². The van der Waals surface area contributed by atoms with Gasteiger partial charge in [0.15, 0.2) is 0 Å². The van der Waals surface area contributed by atoms with Crippen LogP contribution in [0.4, 0.5) is 0 Å². The Kier molecular flexibility index (Phi) is 13.2. The standard InChI is InChI=1S/C5H10N.BH3O3.K/c1-6-4-2-3-5-6;2-1(3)4;/h1-5H2;2-4H;/q-1;;+1. The SMILES string of the molecule is OB(O)O.[CH2-]N1CCCC1.[K+]. The third-order valence-corrected chi connectivity index (χ3v) is 1.20. The van der Waals surface area contributed by atoms with Crippen molar-refractivity contribution in [2.75, 3.05) is 13.1 Å². The van der Waals surface area contributed by atoms with Gasteiger partial charge in [0.25, 0.3) is 0 Å². The summed E-state index contributed by atoms with van der Waals surface area (Å²) in [6, 6.07) is 0. The van der Waals surface area contributed by atoms with E-state index in [4.69, 9.17) is 15.1 Å². The number of rotatable bonds is 0. The van der Waals surface area contributed by atoms with E-state index in [0.29, 0.717) is 0 Å². The van der Waals surface area contributed by atoms with Crippen molar-refractivity contribution in [3.63, 3.8) is 0 Å². The van der Waals surface area contributed by atoms with Crippen molar-refractivity contribution in [2.24, 2.45) is 0 Å². The van der Waals surface area contributed by atoms with E-state index in [1.54, 1.807) is 0 Å². The Morgan fingerprint density at radius 2 is 1.36 bits per heavy atom. The largest absolute Gasteiger partial charge is 1.00 e. The molecule has 0 radical (unpaired) electrons. The second-order valence-electron chi connectivity index (χ2n) is 2.17. The fourth-order valence-electron chi connectivity index (χ4n) is 0.783. The molecule has 0 aromatic carbocycles. The Hall–Kier alpha value is 1.54. The molecule has 0 amide bonds. The first-order valence-electron chi connectivity index (χ1n) is 3.22. The summed E-state index contributed by atoms with van der Waals surface area (Å²) >= 11 is 0. The molecule has 0 saturated carbocycles. The summed E-state index contributed by atoms with van der Waals surface area (Å²) in [5.74, 6) is 0. The average Bonchev–Trinajstić information content (AvgIpc) is 2.15. The van der Waals surface area contributed by atoms with E-state index in [0.717, 1.165) is 0 Å². The van der Waals surface area contributed by atoms with Gasteiger partial charge in [-0.3, -0.25) is 7.05 Å². The normalized spacial score (nSPS) is 16.4. The minimum absolute atomic E-state index is 0. The molecule has 0 bridgehead atoms. The summed E-state index contributed by atoms with van der Waals surface area (Å²) in [6.45, 7) is 2.42. The van der Waals surface area contributed by atoms with Crippen LogP contribution in [0.1, 0.15) is 12.8 Å². The van der Waals surface area contributed by atoms with Crippen LogP contribution in [0.5, 0.6) is 0 Å². The van der Waals surface area contributed by atoms with Crippen LogP contribution in [-0.4, -0.2) is 40.4 Å². The summed E-state index contributed by atoms with van der Waals surface area (Å²) in [5, 5.41) is 21.5. The van der Waals surface area contributed by atoms with Gasteiger partial charge in [0.2, 0.25) is 0 Å². The first-order valence-corrected chi connectivity index (χ1v) is 3.22. The van der Waals surface area contributed by atoms with Crippen LogP contribution in [0.3, 0.4) is 0 Å². The molecule has 0 spiro atoms. The molecular formula is C5H13BKNO3. The molecule has 11 heavy (non-hydrogen) atoms. The molecule has 1 aliphatic heterocycles. The molecule has 60 valence electrons. The number of likely N-dealkylation sites (tertiary alicyclic amines) is 1. The zero-order valence-corrected chi connectivity index (χ0v) is 10.0. The van der Waals surface area contributed by atoms with Crippen molar-refractivity contribution < 1.29 is 66.5 Å². The van der Waals surface area contributed by atoms with Crippen molar-refractivity contribution in [3.05, 3.63) is 7.05 Å². The van der Waals surface area contributed by atoms with Crippen molar-refractivity contribution in [2.45, 2.75) is 12.8 Å². The fourth-order valence-corrected chi connectivity index (χ4v) is 0.783. The molecule has 0 aliphatic carbocycles. The van der Waals surface area contributed by atoms with Crippen LogP contribution in [0.25, 0.3) is 0 Å². The van der Waals surface area contributed by atoms with Crippen molar-refractivity contribution in [1.82, 2.24) is 4.90 Å². The van der Waals surface area contributed by atoms with Crippen LogP contribution in [-0.2, 0) is 0 Å². The zero-order chi connectivity index (χ0) is 7.98. The molecule has 0 unspecified atom stereocenters. The molecule has 1 rings (SSSR count). The molecule has 1 aliphatic rings. The Bertz CT molecular complexity index is 77.4. The van der Waals surface area contributed by atoms with Gasteiger partial charge in [-0.25, -0.2) is 0 Å². The van der Waals surface area contributed by atoms with Gasteiger partial charge in [0.1, 0.15) is 0 Å². The molecule has 6 heteroatoms. The minimum Gasteiger partial charge on any atom is -0.459 e. The second kappa shape index (κ2) is 9.63. The molecule has 0 aromatic rings. The van der Waals surface area contributed by atoms with Crippen LogP contribution >= 0.6 is 0 Å². The number of hydrogen-bond donors (Lipinski definition) is 3. The molecular weight excluding hydrogens is 172 g/mol. The molecule has 0 aromatic heterocycles. The van der Waals surface area contributed by atoms with Crippen molar-refractivity contribution >= 4 is 7.32 Å². The summed E-state index contributed by atoms with van der Waals surface area (Å²) in [5.41, 5.74) is 0.